The lowest BCUT2D eigenvalue weighted by Crippen LogP contribution is -2.36. The lowest BCUT2D eigenvalue weighted by atomic mass is 10.0. The fourth-order valence-electron chi connectivity index (χ4n) is 5.01. The van der Waals surface area contributed by atoms with Crippen LogP contribution < -0.4 is 15.0 Å². The number of hydrogen-bond donors (Lipinski definition) is 2. The van der Waals surface area contributed by atoms with Crippen LogP contribution in [0.1, 0.15) is 25.3 Å². The third-order valence-corrected chi connectivity index (χ3v) is 6.49. The van der Waals surface area contributed by atoms with Gasteiger partial charge in [0.25, 0.3) is 0 Å². The molecule has 0 aromatic carbocycles. The van der Waals surface area contributed by atoms with Gasteiger partial charge in [-0.15, -0.1) is 4.98 Å². The number of carbonyl (C=O) groups excluding carboxylic acids is 1. The fourth-order valence-corrected chi connectivity index (χ4v) is 5.01. The zero-order valence-corrected chi connectivity index (χ0v) is 17.9. The highest BCUT2D eigenvalue weighted by atomic mass is 16.6. The second kappa shape index (κ2) is 8.03. The minimum Gasteiger partial charge on any atom is -0.462 e. The molecule has 3 aromatic heterocycles. The van der Waals surface area contributed by atoms with Gasteiger partial charge < -0.3 is 24.0 Å². The summed E-state index contributed by atoms with van der Waals surface area (Å²) >= 11 is 0. The predicted molar refractivity (Wildman–Crippen MR) is 115 cm³/mol. The summed E-state index contributed by atoms with van der Waals surface area (Å²) in [4.78, 5) is 28.1. The molecular weight excluding hydrogens is 412 g/mol. The van der Waals surface area contributed by atoms with Crippen molar-refractivity contribution in [3.05, 3.63) is 24.0 Å². The van der Waals surface area contributed by atoms with Gasteiger partial charge in [0.2, 0.25) is 0 Å². The first-order valence-electron chi connectivity index (χ1n) is 10.7. The second-order valence-electron chi connectivity index (χ2n) is 8.28. The summed E-state index contributed by atoms with van der Waals surface area (Å²) in [7, 11) is 2.05. The third kappa shape index (κ3) is 3.47. The summed E-state index contributed by atoms with van der Waals surface area (Å²) in [6.07, 6.45) is 5.38. The number of nitrogens with one attached hydrogen (secondary N) is 2. The number of nitrogens with zero attached hydrogens (tertiary/aromatic N) is 6. The lowest BCUT2D eigenvalue weighted by Gasteiger charge is -2.29. The molecule has 2 fully saturated rings. The van der Waals surface area contributed by atoms with Crippen molar-refractivity contribution >= 4 is 28.8 Å². The van der Waals surface area contributed by atoms with Gasteiger partial charge in [-0.2, -0.15) is 5.26 Å². The number of anilines is 2. The van der Waals surface area contributed by atoms with Crippen LogP contribution in [0.3, 0.4) is 0 Å². The van der Waals surface area contributed by atoms with Gasteiger partial charge in [-0.25, -0.2) is 9.78 Å². The number of aromatic amines is 1. The van der Waals surface area contributed by atoms with Crippen molar-refractivity contribution in [3.63, 3.8) is 0 Å². The quantitative estimate of drug-likeness (QED) is 0.623. The normalized spacial score (nSPS) is 22.0. The molecule has 3 atom stereocenters. The molecule has 0 bridgehead atoms. The Morgan fingerprint density at radius 3 is 2.94 bits per heavy atom. The summed E-state index contributed by atoms with van der Waals surface area (Å²) < 4.78 is 10.2. The van der Waals surface area contributed by atoms with Gasteiger partial charge in [0.15, 0.2) is 0 Å². The van der Waals surface area contributed by atoms with Gasteiger partial charge in [-0.3, -0.25) is 5.32 Å². The molecule has 3 aromatic rings. The van der Waals surface area contributed by atoms with E-state index < -0.39 is 0 Å². The van der Waals surface area contributed by atoms with E-state index in [1.807, 2.05) is 26.2 Å². The Morgan fingerprint density at radius 1 is 1.44 bits per heavy atom. The van der Waals surface area contributed by atoms with E-state index in [0.29, 0.717) is 43.1 Å². The molecule has 5 rings (SSSR count). The Morgan fingerprint density at radius 2 is 2.22 bits per heavy atom. The maximum Gasteiger partial charge on any atom is 0.355 e. The van der Waals surface area contributed by atoms with E-state index in [-0.39, 0.29) is 18.1 Å². The number of H-pyrrole nitrogens is 1. The topological polar surface area (TPSA) is 136 Å². The van der Waals surface area contributed by atoms with E-state index in [0.717, 1.165) is 29.6 Å². The Kier molecular flexibility index (Phi) is 5.05. The number of carbonyl (C=O) groups is 1. The zero-order valence-electron chi connectivity index (χ0n) is 17.9. The van der Waals surface area contributed by atoms with Gasteiger partial charge in [-0.1, -0.05) is 0 Å². The van der Waals surface area contributed by atoms with Crippen molar-refractivity contribution < 1.29 is 14.1 Å². The molecule has 0 radical (unpaired) electrons. The van der Waals surface area contributed by atoms with E-state index in [1.165, 1.54) is 0 Å². The Hall–Kier alpha value is -3.81. The number of nitriles is 1. The highest BCUT2D eigenvalue weighted by molar-refractivity contribution is 5.93. The molecule has 1 aliphatic heterocycles. The number of hydrogen-bond acceptors (Lipinski definition) is 8. The maximum absolute atomic E-state index is 12.6. The zero-order chi connectivity index (χ0) is 22.2. The molecule has 0 unspecified atom stereocenters. The van der Waals surface area contributed by atoms with Crippen LogP contribution >= 0.6 is 0 Å². The van der Waals surface area contributed by atoms with Crippen LogP contribution in [0.5, 0.6) is 6.01 Å². The number of aromatic nitrogens is 4. The number of ether oxygens (including phenoxy) is 1. The smallest absolute Gasteiger partial charge is 0.355 e. The van der Waals surface area contributed by atoms with Crippen LogP contribution in [0, 0.1) is 23.2 Å². The van der Waals surface area contributed by atoms with E-state index >= 15 is 0 Å². The van der Waals surface area contributed by atoms with E-state index in [2.05, 4.69) is 36.4 Å². The highest BCUT2D eigenvalue weighted by Crippen LogP contribution is 2.42. The molecule has 1 aliphatic carbocycles. The van der Waals surface area contributed by atoms with Crippen molar-refractivity contribution in [1.29, 1.82) is 5.26 Å². The molecular formula is C21H24N8O3. The Bertz CT molecular complexity index is 1170. The molecule has 11 nitrogen and oxygen atoms in total. The predicted octanol–water partition coefficient (Wildman–Crippen LogP) is 2.59. The summed E-state index contributed by atoms with van der Waals surface area (Å²) in [6, 6.07) is 4.44. The minimum absolute atomic E-state index is 0.0327. The maximum atomic E-state index is 12.6. The number of urea groups is 1. The van der Waals surface area contributed by atoms with Gasteiger partial charge >= 0.3 is 18.1 Å². The van der Waals surface area contributed by atoms with Crippen LogP contribution in [0.15, 0.2) is 23.0 Å². The van der Waals surface area contributed by atoms with Crippen LogP contribution in [-0.4, -0.2) is 63.8 Å². The van der Waals surface area contributed by atoms with Crippen molar-refractivity contribution in [1.82, 2.24) is 25.0 Å². The molecule has 2 amide bonds. The third-order valence-electron chi connectivity index (χ3n) is 6.49. The average Bonchev–Trinajstić information content (AvgIpc) is 3.55. The Labute approximate surface area is 184 Å². The monoisotopic (exact) mass is 436 g/mol. The van der Waals surface area contributed by atoms with Crippen molar-refractivity contribution in [2.75, 3.05) is 37.0 Å². The SMILES string of the molecule is CCOc1noc(NC(=O)N2C[C@H]3C[C@H](N(C)c4c(C#N)cnc5[nH]ccc45)C[C@H]3C2)n1. The highest BCUT2D eigenvalue weighted by Gasteiger charge is 2.44. The van der Waals surface area contributed by atoms with Gasteiger partial charge in [-0.05, 0) is 42.8 Å². The van der Waals surface area contributed by atoms with Crippen LogP contribution in [0.2, 0.25) is 0 Å². The average molecular weight is 436 g/mol. The molecule has 4 heterocycles. The first-order chi connectivity index (χ1) is 15.6. The van der Waals surface area contributed by atoms with Crippen LogP contribution in [0.4, 0.5) is 16.5 Å². The molecule has 2 aliphatic rings. The molecule has 2 N–H and O–H groups in total. The summed E-state index contributed by atoms with van der Waals surface area (Å²) in [5.74, 6) is 0.813. The van der Waals surface area contributed by atoms with Crippen LogP contribution in [0.25, 0.3) is 11.0 Å². The van der Waals surface area contributed by atoms with Gasteiger partial charge in [0, 0.05) is 44.0 Å². The molecule has 11 heteroatoms. The molecule has 1 saturated carbocycles. The van der Waals surface area contributed by atoms with Gasteiger partial charge in [0.05, 0.1) is 17.9 Å². The first kappa shape index (κ1) is 20.1. The number of rotatable bonds is 5. The second-order valence-corrected chi connectivity index (χ2v) is 8.28. The number of pyridine rings is 1. The van der Waals surface area contributed by atoms with E-state index in [9.17, 15) is 10.1 Å². The first-order valence-corrected chi connectivity index (χ1v) is 10.7. The summed E-state index contributed by atoms with van der Waals surface area (Å²) in [5, 5.41) is 16.9. The van der Waals surface area contributed by atoms with Crippen molar-refractivity contribution in [2.24, 2.45) is 11.8 Å². The van der Waals surface area contributed by atoms with Crippen molar-refractivity contribution in [2.45, 2.75) is 25.8 Å². The minimum atomic E-state index is -0.245. The number of likely N-dealkylation sites (tertiary alicyclic amines) is 1. The largest absolute Gasteiger partial charge is 0.462 e. The van der Waals surface area contributed by atoms with Crippen LogP contribution in [-0.2, 0) is 0 Å². The lowest BCUT2D eigenvalue weighted by molar-refractivity contribution is 0.217. The standard InChI is InChI=1S/C21H24N8O3/c1-3-31-20-25-19(32-27-20)26-21(30)29-10-12-6-15(7-13(12)11-29)28(2)17-14(8-22)9-24-18-16(17)4-5-23-18/h4-5,9,12-13,15H,3,6-7,10-11H2,1-2H3,(H,23,24)(H,25,26,27,30)/t12-,13+,15+. The molecule has 32 heavy (non-hydrogen) atoms. The number of fused-ring (bicyclic) bond motifs is 2. The Balaban J connectivity index is 1.24. The molecule has 0 spiro atoms. The number of amides is 2. The van der Waals surface area contributed by atoms with Crippen molar-refractivity contribution in [3.8, 4) is 12.1 Å². The summed E-state index contributed by atoms with van der Waals surface area (Å²) in [6.45, 7) is 3.59. The fraction of sp³-hybridized carbons (Fsp3) is 0.476. The van der Waals surface area contributed by atoms with E-state index in [1.54, 1.807) is 11.1 Å². The summed E-state index contributed by atoms with van der Waals surface area (Å²) in [5.41, 5.74) is 2.27. The van der Waals surface area contributed by atoms with Gasteiger partial charge in [0.1, 0.15) is 11.7 Å². The molecule has 166 valence electrons. The van der Waals surface area contributed by atoms with E-state index in [4.69, 9.17) is 9.26 Å². The molecule has 1 saturated heterocycles.